The molecule has 0 bridgehead atoms. The Labute approximate surface area is 125 Å². The molecule has 0 aliphatic carbocycles. The lowest BCUT2D eigenvalue weighted by molar-refractivity contribution is -0.130. The topological polar surface area (TPSA) is 41.6 Å². The molecular weight excluding hydrogens is 271 g/mol. The Bertz CT molecular complexity index is 456. The van der Waals surface area contributed by atoms with Crippen molar-refractivity contribution in [1.82, 2.24) is 10.2 Å². The van der Waals surface area contributed by atoms with Crippen LogP contribution in [-0.2, 0) is 9.53 Å². The summed E-state index contributed by atoms with van der Waals surface area (Å²) in [5.41, 5.74) is 0.921. The van der Waals surface area contributed by atoms with Crippen molar-refractivity contribution < 1.29 is 13.9 Å². The van der Waals surface area contributed by atoms with Crippen LogP contribution < -0.4 is 5.32 Å². The van der Waals surface area contributed by atoms with Gasteiger partial charge in [-0.15, -0.1) is 0 Å². The van der Waals surface area contributed by atoms with Crippen LogP contribution in [0.2, 0.25) is 0 Å². The van der Waals surface area contributed by atoms with Gasteiger partial charge >= 0.3 is 0 Å². The standard InChI is InChI=1S/C16H23FN2O2/c1-19(2)10-9-14(12-5-7-13(17)8-6-12)18-16(20)15-4-3-11-21-15/h5-8,14-15H,3-4,9-11H2,1-2H3,(H,18,20)/t14-,15-/m0/s1. The van der Waals surface area contributed by atoms with Gasteiger partial charge in [0.2, 0.25) is 5.91 Å². The monoisotopic (exact) mass is 294 g/mol. The molecule has 0 radical (unpaired) electrons. The third-order valence-electron chi connectivity index (χ3n) is 3.68. The van der Waals surface area contributed by atoms with E-state index in [0.29, 0.717) is 6.61 Å². The molecule has 1 saturated heterocycles. The fourth-order valence-corrected chi connectivity index (χ4v) is 2.45. The van der Waals surface area contributed by atoms with Crippen molar-refractivity contribution in [2.45, 2.75) is 31.4 Å². The molecule has 21 heavy (non-hydrogen) atoms. The third kappa shape index (κ3) is 4.79. The number of amides is 1. The molecule has 0 saturated carbocycles. The minimum Gasteiger partial charge on any atom is -0.368 e. The van der Waals surface area contributed by atoms with E-state index >= 15 is 0 Å². The van der Waals surface area contributed by atoms with Gasteiger partial charge in [0, 0.05) is 6.61 Å². The van der Waals surface area contributed by atoms with Gasteiger partial charge in [0.25, 0.3) is 0 Å². The van der Waals surface area contributed by atoms with Crippen LogP contribution in [0, 0.1) is 5.82 Å². The highest BCUT2D eigenvalue weighted by atomic mass is 19.1. The van der Waals surface area contributed by atoms with Crippen molar-refractivity contribution in [3.63, 3.8) is 0 Å². The predicted molar refractivity (Wildman–Crippen MR) is 79.4 cm³/mol. The van der Waals surface area contributed by atoms with Gasteiger partial charge in [-0.25, -0.2) is 4.39 Å². The summed E-state index contributed by atoms with van der Waals surface area (Å²) in [4.78, 5) is 14.3. The number of carbonyl (C=O) groups is 1. The van der Waals surface area contributed by atoms with Crippen LogP contribution in [0.15, 0.2) is 24.3 Å². The molecule has 0 spiro atoms. The van der Waals surface area contributed by atoms with E-state index in [1.165, 1.54) is 12.1 Å². The summed E-state index contributed by atoms with van der Waals surface area (Å²) in [6.45, 7) is 1.49. The van der Waals surface area contributed by atoms with Crippen LogP contribution >= 0.6 is 0 Å². The van der Waals surface area contributed by atoms with Crippen LogP contribution in [0.3, 0.4) is 0 Å². The normalized spacial score (nSPS) is 19.7. The van der Waals surface area contributed by atoms with E-state index in [2.05, 4.69) is 10.2 Å². The second-order valence-corrected chi connectivity index (χ2v) is 5.71. The molecule has 4 nitrogen and oxygen atoms in total. The quantitative estimate of drug-likeness (QED) is 0.874. The largest absolute Gasteiger partial charge is 0.368 e. The van der Waals surface area contributed by atoms with Crippen LogP contribution in [0.4, 0.5) is 4.39 Å². The maximum atomic E-state index is 13.1. The highest BCUT2D eigenvalue weighted by Gasteiger charge is 2.26. The van der Waals surface area contributed by atoms with Gasteiger partial charge in [0.05, 0.1) is 6.04 Å². The lowest BCUT2D eigenvalue weighted by atomic mass is 10.0. The SMILES string of the molecule is CN(C)CC[C@H](NC(=O)[C@@H]1CCCO1)c1ccc(F)cc1. The first kappa shape index (κ1) is 15.9. The van der Waals surface area contributed by atoms with Gasteiger partial charge in [-0.2, -0.15) is 0 Å². The summed E-state index contributed by atoms with van der Waals surface area (Å²) >= 11 is 0. The first-order valence-electron chi connectivity index (χ1n) is 7.38. The average Bonchev–Trinajstić information content (AvgIpc) is 2.98. The molecule has 116 valence electrons. The number of benzene rings is 1. The second kappa shape index (κ2) is 7.52. The molecule has 1 aliphatic heterocycles. The Hall–Kier alpha value is -1.46. The maximum absolute atomic E-state index is 13.1. The Balaban J connectivity index is 2.03. The molecule has 0 unspecified atom stereocenters. The van der Waals surface area contributed by atoms with Crippen molar-refractivity contribution in [2.75, 3.05) is 27.2 Å². The summed E-state index contributed by atoms with van der Waals surface area (Å²) in [5.74, 6) is -0.337. The number of rotatable bonds is 6. The molecule has 1 heterocycles. The van der Waals surface area contributed by atoms with Crippen molar-refractivity contribution in [2.24, 2.45) is 0 Å². The van der Waals surface area contributed by atoms with Gasteiger partial charge < -0.3 is 15.0 Å². The van der Waals surface area contributed by atoms with E-state index in [-0.39, 0.29) is 23.9 Å². The zero-order valence-corrected chi connectivity index (χ0v) is 12.6. The molecular formula is C16H23FN2O2. The van der Waals surface area contributed by atoms with Crippen LogP contribution in [0.25, 0.3) is 0 Å². The first-order chi connectivity index (χ1) is 10.1. The van der Waals surface area contributed by atoms with Gasteiger partial charge in [0.15, 0.2) is 0 Å². The van der Waals surface area contributed by atoms with E-state index in [4.69, 9.17) is 4.74 Å². The van der Waals surface area contributed by atoms with Crippen molar-refractivity contribution in [1.29, 1.82) is 0 Å². The molecule has 1 amide bonds. The maximum Gasteiger partial charge on any atom is 0.249 e. The average molecular weight is 294 g/mol. The summed E-state index contributed by atoms with van der Waals surface area (Å²) in [5, 5.41) is 3.04. The summed E-state index contributed by atoms with van der Waals surface area (Å²) in [6, 6.07) is 6.19. The number of halogens is 1. The number of hydrogen-bond donors (Lipinski definition) is 1. The molecule has 1 aromatic rings. The highest BCUT2D eigenvalue weighted by Crippen LogP contribution is 2.20. The lowest BCUT2D eigenvalue weighted by Crippen LogP contribution is -2.37. The molecule has 1 aliphatic rings. The molecule has 1 aromatic carbocycles. The number of carbonyl (C=O) groups excluding carboxylic acids is 1. The number of hydrogen-bond acceptors (Lipinski definition) is 3. The molecule has 2 atom stereocenters. The zero-order valence-electron chi connectivity index (χ0n) is 12.6. The van der Waals surface area contributed by atoms with Crippen molar-refractivity contribution >= 4 is 5.91 Å². The lowest BCUT2D eigenvalue weighted by Gasteiger charge is -2.22. The number of nitrogens with one attached hydrogen (secondary N) is 1. The van der Waals surface area contributed by atoms with E-state index in [1.54, 1.807) is 12.1 Å². The summed E-state index contributed by atoms with van der Waals surface area (Å²) in [7, 11) is 3.98. The van der Waals surface area contributed by atoms with Crippen LogP contribution in [-0.4, -0.2) is 44.2 Å². The molecule has 1 N–H and O–H groups in total. The van der Waals surface area contributed by atoms with E-state index < -0.39 is 0 Å². The minimum absolute atomic E-state index is 0.0689. The van der Waals surface area contributed by atoms with E-state index in [0.717, 1.165) is 31.4 Å². The van der Waals surface area contributed by atoms with Gasteiger partial charge in [0.1, 0.15) is 11.9 Å². The van der Waals surface area contributed by atoms with Gasteiger partial charge in [-0.1, -0.05) is 12.1 Å². The van der Waals surface area contributed by atoms with Gasteiger partial charge in [-0.05, 0) is 57.6 Å². The third-order valence-corrected chi connectivity index (χ3v) is 3.68. The Kier molecular flexibility index (Phi) is 5.70. The van der Waals surface area contributed by atoms with E-state index in [9.17, 15) is 9.18 Å². The molecule has 5 heteroatoms. The Morgan fingerprint density at radius 2 is 2.14 bits per heavy atom. The molecule has 1 fully saturated rings. The van der Waals surface area contributed by atoms with Crippen LogP contribution in [0.1, 0.15) is 30.9 Å². The second-order valence-electron chi connectivity index (χ2n) is 5.71. The Morgan fingerprint density at radius 3 is 2.71 bits per heavy atom. The van der Waals surface area contributed by atoms with Gasteiger partial charge in [-0.3, -0.25) is 4.79 Å². The Morgan fingerprint density at radius 1 is 1.43 bits per heavy atom. The molecule has 0 aromatic heterocycles. The van der Waals surface area contributed by atoms with E-state index in [1.807, 2.05) is 14.1 Å². The van der Waals surface area contributed by atoms with Crippen LogP contribution in [0.5, 0.6) is 0 Å². The molecule has 2 rings (SSSR count). The number of ether oxygens (including phenoxy) is 1. The zero-order chi connectivity index (χ0) is 15.2. The first-order valence-corrected chi connectivity index (χ1v) is 7.38. The minimum atomic E-state index is -0.340. The van der Waals surface area contributed by atoms with Crippen molar-refractivity contribution in [3.05, 3.63) is 35.6 Å². The fourth-order valence-electron chi connectivity index (χ4n) is 2.45. The highest BCUT2D eigenvalue weighted by molar-refractivity contribution is 5.81. The predicted octanol–water partition coefficient (Wildman–Crippen LogP) is 2.11. The van der Waals surface area contributed by atoms with Crippen molar-refractivity contribution in [3.8, 4) is 0 Å². The summed E-state index contributed by atoms with van der Waals surface area (Å²) < 4.78 is 18.5. The number of nitrogens with zero attached hydrogens (tertiary/aromatic N) is 1. The smallest absolute Gasteiger partial charge is 0.249 e. The summed E-state index contributed by atoms with van der Waals surface area (Å²) in [6.07, 6.45) is 2.14. The fraction of sp³-hybridized carbons (Fsp3) is 0.562.